The Balaban J connectivity index is 1.70. The number of halogens is 1. The van der Waals surface area contributed by atoms with Crippen molar-refractivity contribution in [1.82, 2.24) is 0 Å². The van der Waals surface area contributed by atoms with Gasteiger partial charge in [-0.25, -0.2) is 0 Å². The predicted molar refractivity (Wildman–Crippen MR) is 82.8 cm³/mol. The second kappa shape index (κ2) is 7.30. The second-order valence-corrected chi connectivity index (χ2v) is 6.52. The maximum Gasteiger partial charge on any atom is 0.136 e. The quantitative estimate of drug-likeness (QED) is 0.797. The molecule has 1 fully saturated rings. The van der Waals surface area contributed by atoms with E-state index in [0.717, 1.165) is 29.3 Å². The normalized spacial score (nSPS) is 15.9. The SMILES string of the molecule is Cc1cc(C)c(OCCC[NH2+]C2CCCC2)c(Br)c1. The molecular formula is C16H25BrNO+. The Bertz CT molecular complexity index is 390. The fraction of sp³-hybridized carbons (Fsp3) is 0.625. The van der Waals surface area contributed by atoms with Gasteiger partial charge in [0.15, 0.2) is 0 Å². The molecule has 0 heterocycles. The highest BCUT2D eigenvalue weighted by Gasteiger charge is 2.16. The molecule has 1 aromatic rings. The van der Waals surface area contributed by atoms with Crippen molar-refractivity contribution >= 4 is 15.9 Å². The summed E-state index contributed by atoms with van der Waals surface area (Å²) in [6, 6.07) is 5.17. The van der Waals surface area contributed by atoms with E-state index in [1.54, 1.807) is 0 Å². The number of hydrogen-bond acceptors (Lipinski definition) is 1. The summed E-state index contributed by atoms with van der Waals surface area (Å²) in [4.78, 5) is 0. The predicted octanol–water partition coefficient (Wildman–Crippen LogP) is 3.34. The highest BCUT2D eigenvalue weighted by molar-refractivity contribution is 9.10. The van der Waals surface area contributed by atoms with Gasteiger partial charge in [0.2, 0.25) is 0 Å². The summed E-state index contributed by atoms with van der Waals surface area (Å²) in [5.74, 6) is 1.01. The van der Waals surface area contributed by atoms with Gasteiger partial charge < -0.3 is 10.1 Å². The van der Waals surface area contributed by atoms with Gasteiger partial charge in [0, 0.05) is 6.42 Å². The summed E-state index contributed by atoms with van der Waals surface area (Å²) in [6.45, 7) is 6.22. The minimum absolute atomic E-state index is 0.811. The Hall–Kier alpha value is -0.540. The lowest BCUT2D eigenvalue weighted by Crippen LogP contribution is -2.89. The Morgan fingerprint density at radius 3 is 2.68 bits per heavy atom. The molecular weight excluding hydrogens is 302 g/mol. The minimum Gasteiger partial charge on any atom is -0.492 e. The van der Waals surface area contributed by atoms with Crippen LogP contribution in [0.15, 0.2) is 16.6 Å². The molecule has 106 valence electrons. The molecule has 0 amide bonds. The van der Waals surface area contributed by atoms with Crippen LogP contribution >= 0.6 is 15.9 Å². The van der Waals surface area contributed by atoms with Gasteiger partial charge in [-0.05, 0) is 72.7 Å². The molecule has 0 unspecified atom stereocenters. The zero-order chi connectivity index (χ0) is 13.7. The Morgan fingerprint density at radius 1 is 1.26 bits per heavy atom. The minimum atomic E-state index is 0.811. The molecule has 1 aromatic carbocycles. The number of nitrogens with two attached hydrogens (primary N) is 1. The van der Waals surface area contributed by atoms with E-state index in [0.29, 0.717) is 0 Å². The van der Waals surface area contributed by atoms with E-state index in [4.69, 9.17) is 4.74 Å². The summed E-state index contributed by atoms with van der Waals surface area (Å²) in [7, 11) is 0. The van der Waals surface area contributed by atoms with Crippen LogP contribution < -0.4 is 10.1 Å². The van der Waals surface area contributed by atoms with Crippen molar-refractivity contribution in [2.24, 2.45) is 0 Å². The van der Waals surface area contributed by atoms with Crippen LogP contribution in [0.3, 0.4) is 0 Å². The van der Waals surface area contributed by atoms with Crippen molar-refractivity contribution in [3.63, 3.8) is 0 Å². The summed E-state index contributed by atoms with van der Waals surface area (Å²) in [5, 5.41) is 2.51. The molecule has 1 aliphatic rings. The van der Waals surface area contributed by atoms with Crippen molar-refractivity contribution in [3.05, 3.63) is 27.7 Å². The van der Waals surface area contributed by atoms with Crippen LogP contribution in [-0.4, -0.2) is 19.2 Å². The van der Waals surface area contributed by atoms with E-state index >= 15 is 0 Å². The van der Waals surface area contributed by atoms with Crippen molar-refractivity contribution in [2.75, 3.05) is 13.2 Å². The molecule has 3 heteroatoms. The van der Waals surface area contributed by atoms with Crippen LogP contribution in [0, 0.1) is 13.8 Å². The molecule has 0 aliphatic heterocycles. The third-order valence-corrected chi connectivity index (χ3v) is 4.46. The van der Waals surface area contributed by atoms with Gasteiger partial charge in [0.05, 0.1) is 23.7 Å². The smallest absolute Gasteiger partial charge is 0.136 e. The average molecular weight is 327 g/mol. The Labute approximate surface area is 125 Å². The largest absolute Gasteiger partial charge is 0.492 e. The van der Waals surface area contributed by atoms with Gasteiger partial charge in [-0.3, -0.25) is 0 Å². The van der Waals surface area contributed by atoms with Crippen molar-refractivity contribution < 1.29 is 10.1 Å². The van der Waals surface area contributed by atoms with Crippen LogP contribution in [0.25, 0.3) is 0 Å². The molecule has 0 atom stereocenters. The summed E-state index contributed by atoms with van der Waals surface area (Å²) < 4.78 is 6.99. The van der Waals surface area contributed by atoms with Crippen LogP contribution in [0.5, 0.6) is 5.75 Å². The molecule has 2 N–H and O–H groups in total. The van der Waals surface area contributed by atoms with Crippen LogP contribution in [0.1, 0.15) is 43.2 Å². The molecule has 2 nitrogen and oxygen atoms in total. The first-order chi connectivity index (χ1) is 9.16. The van der Waals surface area contributed by atoms with Gasteiger partial charge in [-0.2, -0.15) is 0 Å². The monoisotopic (exact) mass is 326 g/mol. The second-order valence-electron chi connectivity index (χ2n) is 5.66. The summed E-state index contributed by atoms with van der Waals surface area (Å²) in [5.41, 5.74) is 2.48. The van der Waals surface area contributed by atoms with Crippen molar-refractivity contribution in [1.29, 1.82) is 0 Å². The topological polar surface area (TPSA) is 25.8 Å². The number of rotatable bonds is 6. The number of hydrogen-bond donors (Lipinski definition) is 1. The first kappa shape index (κ1) is 14.9. The van der Waals surface area contributed by atoms with E-state index in [-0.39, 0.29) is 0 Å². The van der Waals surface area contributed by atoms with E-state index in [1.807, 2.05) is 0 Å². The highest BCUT2D eigenvalue weighted by atomic mass is 79.9. The van der Waals surface area contributed by atoms with E-state index in [2.05, 4.69) is 47.2 Å². The molecule has 0 bridgehead atoms. The zero-order valence-electron chi connectivity index (χ0n) is 12.0. The molecule has 0 spiro atoms. The van der Waals surface area contributed by atoms with Gasteiger partial charge in [0.25, 0.3) is 0 Å². The van der Waals surface area contributed by atoms with Gasteiger partial charge in [-0.1, -0.05) is 6.07 Å². The molecule has 1 aliphatic carbocycles. The number of aryl methyl sites for hydroxylation is 2. The average Bonchev–Trinajstić information content (AvgIpc) is 2.84. The molecule has 0 radical (unpaired) electrons. The van der Waals surface area contributed by atoms with E-state index in [9.17, 15) is 0 Å². The standard InChI is InChI=1S/C16H24BrNO/c1-12-10-13(2)16(15(17)11-12)19-9-5-8-18-14-6-3-4-7-14/h10-11,14,18H,3-9H2,1-2H3/p+1. The molecule has 1 saturated carbocycles. The molecule has 2 rings (SSSR count). The first-order valence-electron chi connectivity index (χ1n) is 7.39. The number of quaternary nitrogens is 1. The van der Waals surface area contributed by atoms with Crippen LogP contribution in [0.4, 0.5) is 0 Å². The lowest BCUT2D eigenvalue weighted by Gasteiger charge is -2.13. The third kappa shape index (κ3) is 4.50. The van der Waals surface area contributed by atoms with E-state index < -0.39 is 0 Å². The molecule has 0 saturated heterocycles. The highest BCUT2D eigenvalue weighted by Crippen LogP contribution is 2.30. The Kier molecular flexibility index (Phi) is 5.71. The fourth-order valence-electron chi connectivity index (χ4n) is 2.89. The van der Waals surface area contributed by atoms with Crippen molar-refractivity contribution in [2.45, 2.75) is 52.0 Å². The first-order valence-corrected chi connectivity index (χ1v) is 8.19. The number of benzene rings is 1. The Morgan fingerprint density at radius 2 is 2.00 bits per heavy atom. The number of ether oxygens (including phenoxy) is 1. The molecule has 19 heavy (non-hydrogen) atoms. The van der Waals surface area contributed by atoms with Crippen molar-refractivity contribution in [3.8, 4) is 5.75 Å². The lowest BCUT2D eigenvalue weighted by atomic mass is 10.1. The maximum atomic E-state index is 5.92. The summed E-state index contributed by atoms with van der Waals surface area (Å²) >= 11 is 3.59. The van der Waals surface area contributed by atoms with Gasteiger partial charge >= 0.3 is 0 Å². The molecule has 0 aromatic heterocycles. The lowest BCUT2D eigenvalue weighted by molar-refractivity contribution is -0.688. The van der Waals surface area contributed by atoms with Gasteiger partial charge in [0.1, 0.15) is 5.75 Å². The third-order valence-electron chi connectivity index (χ3n) is 3.87. The zero-order valence-corrected chi connectivity index (χ0v) is 13.6. The van der Waals surface area contributed by atoms with E-state index in [1.165, 1.54) is 43.4 Å². The summed E-state index contributed by atoms with van der Waals surface area (Å²) in [6.07, 6.45) is 6.78. The van der Waals surface area contributed by atoms with Crippen LogP contribution in [-0.2, 0) is 0 Å². The maximum absolute atomic E-state index is 5.92. The van der Waals surface area contributed by atoms with Crippen LogP contribution in [0.2, 0.25) is 0 Å². The van der Waals surface area contributed by atoms with Gasteiger partial charge in [-0.15, -0.1) is 0 Å². The fourth-order valence-corrected chi connectivity index (χ4v) is 3.68.